The van der Waals surface area contributed by atoms with Crippen molar-refractivity contribution < 1.29 is 39.8 Å². The average molecular weight is 434 g/mol. The van der Waals surface area contributed by atoms with Crippen LogP contribution in [0.25, 0.3) is 0 Å². The van der Waals surface area contributed by atoms with Crippen molar-refractivity contribution in [2.45, 2.75) is 102 Å². The first-order valence-corrected chi connectivity index (χ1v) is 11.5. The number of aryl methyl sites for hydroxylation is 1. The van der Waals surface area contributed by atoms with Gasteiger partial charge in [-0.1, -0.05) is 76.8 Å². The minimum absolute atomic E-state index is 0. The summed E-state index contributed by atoms with van der Waals surface area (Å²) in [5.74, 6) is 0. The van der Waals surface area contributed by atoms with Crippen molar-refractivity contribution in [3.63, 3.8) is 0 Å². The molecule has 0 aliphatic carbocycles. The Morgan fingerprint density at radius 1 is 0.815 bits per heavy atom. The van der Waals surface area contributed by atoms with Crippen LogP contribution >= 0.6 is 0 Å². The first-order chi connectivity index (χ1) is 12.3. The van der Waals surface area contributed by atoms with Gasteiger partial charge in [-0.15, -0.1) is 0 Å². The van der Waals surface area contributed by atoms with Crippen LogP contribution in [-0.4, -0.2) is 24.2 Å². The van der Waals surface area contributed by atoms with E-state index in [2.05, 4.69) is 6.92 Å². The van der Waals surface area contributed by atoms with Gasteiger partial charge in [0.2, 0.25) is 0 Å². The Balaban J connectivity index is 0. The van der Waals surface area contributed by atoms with Gasteiger partial charge in [-0.2, -0.15) is 8.42 Å². The van der Waals surface area contributed by atoms with E-state index in [4.69, 9.17) is 9.66 Å². The van der Waals surface area contributed by atoms with E-state index < -0.39 is 10.1 Å². The molecule has 0 aromatic heterocycles. The third-order valence-corrected chi connectivity index (χ3v) is 4.91. The quantitative estimate of drug-likeness (QED) is 0.248. The van der Waals surface area contributed by atoms with Crippen LogP contribution in [0.5, 0.6) is 0 Å². The third-order valence-electron chi connectivity index (χ3n) is 4.04. The summed E-state index contributed by atoms with van der Waals surface area (Å²) in [5.41, 5.74) is 1.13. The van der Waals surface area contributed by atoms with E-state index in [1.165, 1.54) is 69.9 Å². The minimum atomic E-state index is -4.06. The smallest absolute Gasteiger partial charge is 0.294 e. The van der Waals surface area contributed by atoms with Crippen LogP contribution in [0.15, 0.2) is 29.2 Å². The van der Waals surface area contributed by atoms with E-state index in [0.717, 1.165) is 18.4 Å². The second-order valence-electron chi connectivity index (χ2n) is 7.14. The van der Waals surface area contributed by atoms with Gasteiger partial charge in [0, 0.05) is 27.8 Å². The number of aliphatic hydroxyl groups is 1. The van der Waals surface area contributed by atoms with E-state index in [1.807, 2.05) is 0 Å². The molecule has 0 spiro atoms. The number of hydrogen-bond donors (Lipinski definition) is 2. The molecule has 0 bridgehead atoms. The summed E-state index contributed by atoms with van der Waals surface area (Å²) in [4.78, 5) is -0.0284. The summed E-state index contributed by atoms with van der Waals surface area (Å²) in [6.45, 7) is 5.69. The van der Waals surface area contributed by atoms with E-state index in [-0.39, 0.29) is 32.7 Å². The van der Waals surface area contributed by atoms with Crippen LogP contribution in [0.2, 0.25) is 0 Å². The molecule has 0 fully saturated rings. The molecule has 0 aliphatic rings. The summed E-state index contributed by atoms with van der Waals surface area (Å²) in [6, 6.07) is 6.52. The summed E-state index contributed by atoms with van der Waals surface area (Å²) in [6.07, 6.45) is 14.0. The maximum absolute atomic E-state index is 10.9. The van der Waals surface area contributed by atoms with Gasteiger partial charge < -0.3 is 5.11 Å². The topological polar surface area (TPSA) is 74.6 Å². The Kier molecular flexibility index (Phi) is 19.2. The third kappa shape index (κ3) is 18.9. The molecule has 1 aromatic rings. The fourth-order valence-electron chi connectivity index (χ4n) is 2.64. The fourth-order valence-corrected chi connectivity index (χ4v) is 3.12. The molecule has 0 heterocycles. The van der Waals surface area contributed by atoms with Crippen LogP contribution in [0.1, 0.15) is 90.5 Å². The average Bonchev–Trinajstić information content (AvgIpc) is 2.56. The van der Waals surface area contributed by atoms with Crippen LogP contribution in [0.3, 0.4) is 0 Å². The molecule has 4 nitrogen and oxygen atoms in total. The molecule has 156 valence electrons. The Morgan fingerprint density at radius 3 is 1.56 bits per heavy atom. The Hall–Kier alpha value is -0.196. The van der Waals surface area contributed by atoms with Crippen molar-refractivity contribution in [2.24, 2.45) is 0 Å². The largest absolute Gasteiger partial charge is 0.394 e. The first-order valence-electron chi connectivity index (χ1n) is 10.0. The van der Waals surface area contributed by atoms with Crippen LogP contribution < -0.4 is 0 Å². The van der Waals surface area contributed by atoms with Gasteiger partial charge in [0.25, 0.3) is 10.1 Å². The molecule has 27 heavy (non-hydrogen) atoms. The molecule has 2 N–H and O–H groups in total. The molecule has 0 aliphatic heterocycles. The number of hydrogen-bond acceptors (Lipinski definition) is 3. The van der Waals surface area contributed by atoms with E-state index in [1.54, 1.807) is 26.0 Å². The monoisotopic (exact) mass is 434 g/mol. The Bertz CT molecular complexity index is 539. The summed E-state index contributed by atoms with van der Waals surface area (Å²) < 4.78 is 30.8. The van der Waals surface area contributed by atoms with E-state index >= 15 is 0 Å². The number of aliphatic hydroxyl groups excluding tert-OH is 1. The first kappa shape index (κ1) is 29.0. The molecular formula is C21H38O4STi. The van der Waals surface area contributed by atoms with Gasteiger partial charge in [-0.25, -0.2) is 0 Å². The second kappa shape index (κ2) is 17.9. The molecule has 1 rings (SSSR count). The second-order valence-corrected chi connectivity index (χ2v) is 8.57. The van der Waals surface area contributed by atoms with Crippen molar-refractivity contribution in [1.82, 2.24) is 0 Å². The zero-order chi connectivity index (χ0) is 19.8. The Labute approximate surface area is 181 Å². The van der Waals surface area contributed by atoms with Crippen molar-refractivity contribution in [1.29, 1.82) is 0 Å². The molecule has 0 atom stereocenters. The van der Waals surface area contributed by atoms with Gasteiger partial charge in [-0.3, -0.25) is 4.55 Å². The standard InChI is InChI=1S/C18H30O3S.C3H8O.Ti/c1-2-3-4-5-6-7-8-9-10-11-12-17-13-15-18(16-14-17)22(19,20)21;1-3(2)4;/h13-16H,2-12H2,1H3,(H,19,20,21);3-4H,1-2H3;. The van der Waals surface area contributed by atoms with Gasteiger partial charge in [0.05, 0.1) is 4.90 Å². The predicted octanol–water partition coefficient (Wildman–Crippen LogP) is 5.78. The molecule has 1 aromatic carbocycles. The van der Waals surface area contributed by atoms with Gasteiger partial charge in [0.1, 0.15) is 0 Å². The number of unbranched alkanes of at least 4 members (excludes halogenated alkanes) is 9. The number of benzene rings is 1. The normalized spacial score (nSPS) is 10.9. The minimum Gasteiger partial charge on any atom is -0.394 e. The van der Waals surface area contributed by atoms with Gasteiger partial charge in [0.15, 0.2) is 0 Å². The van der Waals surface area contributed by atoms with Crippen LogP contribution in [-0.2, 0) is 38.3 Å². The van der Waals surface area contributed by atoms with E-state index in [9.17, 15) is 8.42 Å². The molecule has 0 amide bonds. The molecule has 0 saturated heterocycles. The van der Waals surface area contributed by atoms with Gasteiger partial charge in [-0.05, 0) is 44.4 Å². The Morgan fingerprint density at radius 2 is 1.19 bits per heavy atom. The van der Waals surface area contributed by atoms with Crippen molar-refractivity contribution in [2.75, 3.05) is 0 Å². The van der Waals surface area contributed by atoms with Crippen LogP contribution in [0, 0.1) is 0 Å². The maximum atomic E-state index is 10.9. The predicted molar refractivity (Wildman–Crippen MR) is 109 cm³/mol. The molecule has 0 radical (unpaired) electrons. The van der Waals surface area contributed by atoms with Crippen molar-refractivity contribution >= 4 is 10.1 Å². The summed E-state index contributed by atoms with van der Waals surface area (Å²) in [5, 5.41) is 8.06. The maximum Gasteiger partial charge on any atom is 0.294 e. The van der Waals surface area contributed by atoms with Crippen molar-refractivity contribution in [3.05, 3.63) is 29.8 Å². The van der Waals surface area contributed by atoms with Gasteiger partial charge >= 0.3 is 0 Å². The molecule has 6 heteroatoms. The summed E-state index contributed by atoms with van der Waals surface area (Å²) >= 11 is 0. The fraction of sp³-hybridized carbons (Fsp3) is 0.714. The zero-order valence-electron chi connectivity index (χ0n) is 17.3. The number of rotatable bonds is 12. The van der Waals surface area contributed by atoms with Crippen molar-refractivity contribution in [3.8, 4) is 0 Å². The summed E-state index contributed by atoms with van der Waals surface area (Å²) in [7, 11) is -4.06. The SMILES string of the molecule is CC(C)O.CCCCCCCCCCCCc1ccc(S(=O)(=O)O)cc1.[Ti]. The molecule has 0 unspecified atom stereocenters. The van der Waals surface area contributed by atoms with E-state index in [0.29, 0.717) is 0 Å². The van der Waals surface area contributed by atoms with Crippen LogP contribution in [0.4, 0.5) is 0 Å². The zero-order valence-corrected chi connectivity index (χ0v) is 19.7. The molecule has 0 saturated carbocycles. The molecular weight excluding hydrogens is 396 g/mol.